The Hall–Kier alpha value is -1.02. The lowest BCUT2D eigenvalue weighted by Gasteiger charge is -2.24. The number of hydrogen-bond acceptors (Lipinski definition) is 2. The van der Waals surface area contributed by atoms with E-state index < -0.39 is 0 Å². The molecule has 0 saturated heterocycles. The number of ether oxygens (including phenoxy) is 1. The maximum atomic E-state index is 6.03. The molecular formula is C18H31NO. The molecule has 114 valence electrons. The van der Waals surface area contributed by atoms with Gasteiger partial charge >= 0.3 is 0 Å². The molecule has 0 aromatic heterocycles. The lowest BCUT2D eigenvalue weighted by Crippen LogP contribution is -2.21. The van der Waals surface area contributed by atoms with Crippen molar-refractivity contribution in [3.05, 3.63) is 29.3 Å². The molecule has 0 radical (unpaired) electrons. The largest absolute Gasteiger partial charge is 0.493 e. The molecule has 1 unspecified atom stereocenters. The Labute approximate surface area is 124 Å². The number of nitrogens with one attached hydrogen (secondary N) is 1. The SMILES string of the molecule is CCc1ccc(OCCCC(C)NC)c(C(C)(C)C)c1. The van der Waals surface area contributed by atoms with Crippen molar-refractivity contribution >= 4 is 0 Å². The first-order chi connectivity index (χ1) is 9.38. The smallest absolute Gasteiger partial charge is 0.123 e. The van der Waals surface area contributed by atoms with Crippen molar-refractivity contribution in [1.29, 1.82) is 0 Å². The summed E-state index contributed by atoms with van der Waals surface area (Å²) in [5.74, 6) is 1.05. The van der Waals surface area contributed by atoms with Crippen molar-refractivity contribution in [2.75, 3.05) is 13.7 Å². The van der Waals surface area contributed by atoms with Crippen molar-refractivity contribution in [3.8, 4) is 5.75 Å². The molecule has 1 aromatic rings. The highest BCUT2D eigenvalue weighted by Gasteiger charge is 2.19. The van der Waals surface area contributed by atoms with Crippen molar-refractivity contribution in [3.63, 3.8) is 0 Å². The maximum Gasteiger partial charge on any atom is 0.123 e. The number of aryl methyl sites for hydroxylation is 1. The Balaban J connectivity index is 2.69. The minimum absolute atomic E-state index is 0.124. The third-order valence-electron chi connectivity index (χ3n) is 3.79. The van der Waals surface area contributed by atoms with Gasteiger partial charge in [0.2, 0.25) is 0 Å². The molecule has 1 atom stereocenters. The molecular weight excluding hydrogens is 246 g/mol. The van der Waals surface area contributed by atoms with Gasteiger partial charge in [0.1, 0.15) is 5.75 Å². The van der Waals surface area contributed by atoms with Crippen LogP contribution in [0.25, 0.3) is 0 Å². The average Bonchev–Trinajstić information content (AvgIpc) is 2.42. The number of hydrogen-bond donors (Lipinski definition) is 1. The molecule has 0 amide bonds. The van der Waals surface area contributed by atoms with Crippen LogP contribution in [0.1, 0.15) is 58.6 Å². The highest BCUT2D eigenvalue weighted by molar-refractivity contribution is 5.41. The fourth-order valence-corrected chi connectivity index (χ4v) is 2.23. The van der Waals surface area contributed by atoms with E-state index in [4.69, 9.17) is 4.74 Å². The van der Waals surface area contributed by atoms with Crippen LogP contribution >= 0.6 is 0 Å². The summed E-state index contributed by atoms with van der Waals surface area (Å²) >= 11 is 0. The van der Waals surface area contributed by atoms with Gasteiger partial charge in [0.05, 0.1) is 6.61 Å². The fraction of sp³-hybridized carbons (Fsp3) is 0.667. The normalized spacial score (nSPS) is 13.3. The molecule has 0 fully saturated rings. The second-order valence-electron chi connectivity index (χ2n) is 6.61. The second kappa shape index (κ2) is 7.68. The summed E-state index contributed by atoms with van der Waals surface area (Å²) in [4.78, 5) is 0. The molecule has 0 spiro atoms. The Morgan fingerprint density at radius 1 is 1.25 bits per heavy atom. The van der Waals surface area contributed by atoms with Gasteiger partial charge in [-0.3, -0.25) is 0 Å². The van der Waals surface area contributed by atoms with E-state index in [1.165, 1.54) is 11.1 Å². The van der Waals surface area contributed by atoms with Gasteiger partial charge in [-0.15, -0.1) is 0 Å². The molecule has 0 aliphatic heterocycles. The van der Waals surface area contributed by atoms with Crippen LogP contribution in [0.5, 0.6) is 5.75 Å². The minimum Gasteiger partial charge on any atom is -0.493 e. The summed E-state index contributed by atoms with van der Waals surface area (Å²) < 4.78 is 6.03. The van der Waals surface area contributed by atoms with Crippen LogP contribution < -0.4 is 10.1 Å². The van der Waals surface area contributed by atoms with Crippen LogP contribution in [0, 0.1) is 0 Å². The highest BCUT2D eigenvalue weighted by Crippen LogP contribution is 2.32. The molecule has 0 bridgehead atoms. The number of rotatable bonds is 7. The molecule has 20 heavy (non-hydrogen) atoms. The van der Waals surface area contributed by atoms with Crippen molar-refractivity contribution < 1.29 is 4.74 Å². The first-order valence-corrected chi connectivity index (χ1v) is 7.82. The molecule has 2 nitrogen and oxygen atoms in total. The first-order valence-electron chi connectivity index (χ1n) is 7.82. The Kier molecular flexibility index (Phi) is 6.54. The second-order valence-corrected chi connectivity index (χ2v) is 6.61. The monoisotopic (exact) mass is 277 g/mol. The van der Waals surface area contributed by atoms with Crippen molar-refractivity contribution in [2.24, 2.45) is 0 Å². The van der Waals surface area contributed by atoms with Crippen LogP contribution in [0.2, 0.25) is 0 Å². The minimum atomic E-state index is 0.124. The van der Waals surface area contributed by atoms with Crippen LogP contribution in [0.4, 0.5) is 0 Å². The van der Waals surface area contributed by atoms with Gasteiger partial charge in [-0.1, -0.05) is 39.8 Å². The summed E-state index contributed by atoms with van der Waals surface area (Å²) in [5, 5.41) is 3.26. The molecule has 2 heteroatoms. The zero-order chi connectivity index (χ0) is 15.2. The summed E-state index contributed by atoms with van der Waals surface area (Å²) in [6.45, 7) is 11.9. The van der Waals surface area contributed by atoms with Gasteiger partial charge in [-0.05, 0) is 55.8 Å². The van der Waals surface area contributed by atoms with E-state index in [2.05, 4.69) is 58.1 Å². The molecule has 0 heterocycles. The van der Waals surface area contributed by atoms with E-state index in [-0.39, 0.29) is 5.41 Å². The topological polar surface area (TPSA) is 21.3 Å². The van der Waals surface area contributed by atoms with Crippen LogP contribution in [0.15, 0.2) is 18.2 Å². The lowest BCUT2D eigenvalue weighted by molar-refractivity contribution is 0.292. The van der Waals surface area contributed by atoms with E-state index in [0.717, 1.165) is 31.6 Å². The molecule has 1 N–H and O–H groups in total. The van der Waals surface area contributed by atoms with E-state index in [1.807, 2.05) is 7.05 Å². The third kappa shape index (κ3) is 5.16. The molecule has 1 rings (SSSR count). The van der Waals surface area contributed by atoms with Crippen molar-refractivity contribution in [2.45, 2.75) is 65.3 Å². The Morgan fingerprint density at radius 3 is 2.50 bits per heavy atom. The van der Waals surface area contributed by atoms with Crippen molar-refractivity contribution in [1.82, 2.24) is 5.32 Å². The predicted molar refractivity (Wildman–Crippen MR) is 87.8 cm³/mol. The van der Waals surface area contributed by atoms with Crippen LogP contribution in [0.3, 0.4) is 0 Å². The summed E-state index contributed by atoms with van der Waals surface area (Å²) in [6.07, 6.45) is 3.30. The molecule has 0 aliphatic carbocycles. The maximum absolute atomic E-state index is 6.03. The standard InChI is InChI=1S/C18H31NO/c1-7-15-10-11-17(16(13-15)18(3,4)5)20-12-8-9-14(2)19-6/h10-11,13-14,19H,7-9,12H2,1-6H3. The van der Waals surface area contributed by atoms with E-state index in [0.29, 0.717) is 6.04 Å². The molecule has 0 saturated carbocycles. The molecule has 0 aliphatic rings. The number of benzene rings is 1. The zero-order valence-electron chi connectivity index (χ0n) is 14.0. The van der Waals surface area contributed by atoms with Crippen LogP contribution in [-0.2, 0) is 11.8 Å². The molecule has 1 aromatic carbocycles. The average molecular weight is 277 g/mol. The highest BCUT2D eigenvalue weighted by atomic mass is 16.5. The predicted octanol–water partition coefficient (Wildman–Crippen LogP) is 4.31. The van der Waals surface area contributed by atoms with E-state index >= 15 is 0 Å². The van der Waals surface area contributed by atoms with E-state index in [1.54, 1.807) is 0 Å². The summed E-state index contributed by atoms with van der Waals surface area (Å²) in [7, 11) is 2.01. The quantitative estimate of drug-likeness (QED) is 0.750. The van der Waals surface area contributed by atoms with E-state index in [9.17, 15) is 0 Å². The lowest BCUT2D eigenvalue weighted by atomic mass is 9.85. The zero-order valence-corrected chi connectivity index (χ0v) is 14.0. The Morgan fingerprint density at radius 2 is 1.95 bits per heavy atom. The van der Waals surface area contributed by atoms with Gasteiger partial charge in [0.15, 0.2) is 0 Å². The van der Waals surface area contributed by atoms with Gasteiger partial charge < -0.3 is 10.1 Å². The van der Waals surface area contributed by atoms with Gasteiger partial charge in [-0.25, -0.2) is 0 Å². The van der Waals surface area contributed by atoms with Crippen LogP contribution in [-0.4, -0.2) is 19.7 Å². The summed E-state index contributed by atoms with van der Waals surface area (Å²) in [6, 6.07) is 7.18. The Bertz CT molecular complexity index is 406. The van der Waals surface area contributed by atoms with Gasteiger partial charge in [0.25, 0.3) is 0 Å². The van der Waals surface area contributed by atoms with Gasteiger partial charge in [-0.2, -0.15) is 0 Å². The third-order valence-corrected chi connectivity index (χ3v) is 3.79. The fourth-order valence-electron chi connectivity index (χ4n) is 2.23. The summed E-state index contributed by atoms with van der Waals surface area (Å²) in [5.41, 5.74) is 2.82. The first kappa shape index (κ1) is 17.0. The van der Waals surface area contributed by atoms with Gasteiger partial charge in [0, 0.05) is 6.04 Å².